The van der Waals surface area contributed by atoms with Gasteiger partial charge in [0.1, 0.15) is 5.82 Å². The van der Waals surface area contributed by atoms with Crippen LogP contribution in [0, 0.1) is 6.92 Å². The number of para-hydroxylation sites is 2. The van der Waals surface area contributed by atoms with Gasteiger partial charge < -0.3 is 14.4 Å². The number of aryl methyl sites for hydroxylation is 1. The molecule has 1 fully saturated rings. The summed E-state index contributed by atoms with van der Waals surface area (Å²) in [5.41, 5.74) is 3.42. The summed E-state index contributed by atoms with van der Waals surface area (Å²) in [5, 5.41) is 0. The van der Waals surface area contributed by atoms with Crippen LogP contribution in [0.5, 0.6) is 11.5 Å². The normalized spacial score (nSPS) is 15.9. The fraction of sp³-hybridized carbons (Fsp3) is 0.346. The molecule has 166 valence electrons. The van der Waals surface area contributed by atoms with Crippen LogP contribution in [0.25, 0.3) is 0 Å². The third kappa shape index (κ3) is 5.25. The lowest BCUT2D eigenvalue weighted by atomic mass is 9.90. The van der Waals surface area contributed by atoms with Crippen molar-refractivity contribution < 1.29 is 14.3 Å². The van der Waals surface area contributed by atoms with Gasteiger partial charge in [0.2, 0.25) is 0 Å². The van der Waals surface area contributed by atoms with Crippen LogP contribution in [0.2, 0.25) is 0 Å². The number of benzene rings is 2. The van der Waals surface area contributed by atoms with Crippen molar-refractivity contribution in [2.75, 3.05) is 26.8 Å². The molecule has 0 N–H and O–H groups in total. The molecule has 1 aliphatic heterocycles. The Hall–Kier alpha value is -3.41. The first kappa shape index (κ1) is 21.8. The Morgan fingerprint density at radius 2 is 1.84 bits per heavy atom. The van der Waals surface area contributed by atoms with Crippen LogP contribution in [0.1, 0.15) is 41.4 Å². The minimum absolute atomic E-state index is 0.00718. The van der Waals surface area contributed by atoms with Gasteiger partial charge in [-0.3, -0.25) is 4.79 Å². The van der Waals surface area contributed by atoms with E-state index >= 15 is 0 Å². The van der Waals surface area contributed by atoms with Gasteiger partial charge in [-0.2, -0.15) is 0 Å². The molecule has 6 nitrogen and oxygen atoms in total. The van der Waals surface area contributed by atoms with E-state index in [1.165, 1.54) is 5.56 Å². The van der Waals surface area contributed by atoms with Gasteiger partial charge in [-0.25, -0.2) is 9.97 Å². The van der Waals surface area contributed by atoms with Crippen molar-refractivity contribution in [1.29, 1.82) is 0 Å². The molecule has 0 bridgehead atoms. The van der Waals surface area contributed by atoms with Crippen molar-refractivity contribution in [2.45, 2.75) is 32.1 Å². The molecular weight excluding hydrogens is 402 g/mol. The summed E-state index contributed by atoms with van der Waals surface area (Å²) in [6.07, 6.45) is 4.68. The number of piperidine rings is 1. The highest BCUT2D eigenvalue weighted by molar-refractivity contribution is 5.78. The first-order valence-corrected chi connectivity index (χ1v) is 11.0. The third-order valence-corrected chi connectivity index (χ3v) is 5.84. The van der Waals surface area contributed by atoms with E-state index in [1.807, 2.05) is 60.5 Å². The van der Waals surface area contributed by atoms with Gasteiger partial charge in [-0.1, -0.05) is 42.5 Å². The maximum Gasteiger partial charge on any atom is 0.260 e. The number of hydrogen-bond donors (Lipinski definition) is 0. The molecule has 1 atom stereocenters. The van der Waals surface area contributed by atoms with Crippen LogP contribution in [0.3, 0.4) is 0 Å². The van der Waals surface area contributed by atoms with Crippen LogP contribution in [-0.2, 0) is 11.2 Å². The molecule has 32 heavy (non-hydrogen) atoms. The number of amides is 1. The van der Waals surface area contributed by atoms with Crippen LogP contribution in [0.15, 0.2) is 60.8 Å². The molecule has 2 aromatic carbocycles. The molecule has 4 rings (SSSR count). The number of carbonyl (C=O) groups excluding carboxylic acids is 1. The molecule has 0 unspecified atom stereocenters. The minimum Gasteiger partial charge on any atom is -0.493 e. The largest absolute Gasteiger partial charge is 0.493 e. The van der Waals surface area contributed by atoms with Gasteiger partial charge in [0, 0.05) is 31.6 Å². The Balaban J connectivity index is 1.45. The van der Waals surface area contributed by atoms with Crippen molar-refractivity contribution >= 4 is 5.91 Å². The number of aromatic nitrogens is 2. The Labute approximate surface area is 189 Å². The molecule has 3 aromatic rings. The number of methoxy groups -OCH3 is 1. The molecule has 1 amide bonds. The smallest absolute Gasteiger partial charge is 0.260 e. The zero-order chi connectivity index (χ0) is 22.3. The highest BCUT2D eigenvalue weighted by atomic mass is 16.5. The van der Waals surface area contributed by atoms with Gasteiger partial charge in [-0.15, -0.1) is 0 Å². The standard InChI is InChI=1S/C26H29N3O3/c1-19-27-16-22(15-20-9-4-3-5-10-20)26(28-19)21-11-8-14-29(17-21)25(30)18-32-24-13-7-6-12-23(24)31-2/h3-7,9-10,12-13,16,21H,8,11,14-15,17-18H2,1-2H3/t21-/m1/s1. The Morgan fingerprint density at radius 1 is 1.09 bits per heavy atom. The molecule has 1 aromatic heterocycles. The van der Waals surface area contributed by atoms with Crippen LogP contribution >= 0.6 is 0 Å². The van der Waals surface area contributed by atoms with E-state index in [-0.39, 0.29) is 18.4 Å². The lowest BCUT2D eigenvalue weighted by Crippen LogP contribution is -2.42. The molecule has 0 radical (unpaired) electrons. The van der Waals surface area contributed by atoms with E-state index in [2.05, 4.69) is 17.1 Å². The fourth-order valence-electron chi connectivity index (χ4n) is 4.21. The number of ether oxygens (including phenoxy) is 2. The molecule has 0 spiro atoms. The topological polar surface area (TPSA) is 64.6 Å². The Bertz CT molecular complexity index is 1060. The molecule has 0 saturated carbocycles. The summed E-state index contributed by atoms with van der Waals surface area (Å²) in [6, 6.07) is 17.7. The van der Waals surface area contributed by atoms with E-state index in [0.717, 1.165) is 42.9 Å². The fourth-order valence-corrected chi connectivity index (χ4v) is 4.21. The van der Waals surface area contributed by atoms with Gasteiger partial charge in [0.25, 0.3) is 5.91 Å². The second kappa shape index (κ2) is 10.3. The van der Waals surface area contributed by atoms with E-state index in [1.54, 1.807) is 7.11 Å². The van der Waals surface area contributed by atoms with Gasteiger partial charge >= 0.3 is 0 Å². The predicted octanol–water partition coefficient (Wildman–Crippen LogP) is 4.17. The quantitative estimate of drug-likeness (QED) is 0.562. The molecular formula is C26H29N3O3. The maximum atomic E-state index is 12.9. The number of carbonyl (C=O) groups is 1. The summed E-state index contributed by atoms with van der Waals surface area (Å²) in [5.74, 6) is 2.14. The zero-order valence-electron chi connectivity index (χ0n) is 18.7. The SMILES string of the molecule is COc1ccccc1OCC(=O)N1CCC[C@@H](c2nc(C)ncc2Cc2ccccc2)C1. The van der Waals surface area contributed by atoms with Crippen molar-refractivity contribution in [3.8, 4) is 11.5 Å². The minimum atomic E-state index is -0.0176. The number of nitrogens with zero attached hydrogens (tertiary/aromatic N) is 3. The first-order valence-electron chi connectivity index (χ1n) is 11.0. The maximum absolute atomic E-state index is 12.9. The lowest BCUT2D eigenvalue weighted by molar-refractivity contribution is -0.134. The van der Waals surface area contributed by atoms with Crippen molar-refractivity contribution in [1.82, 2.24) is 14.9 Å². The van der Waals surface area contributed by atoms with Crippen LogP contribution < -0.4 is 9.47 Å². The van der Waals surface area contributed by atoms with Gasteiger partial charge in [0.05, 0.1) is 12.8 Å². The zero-order valence-corrected chi connectivity index (χ0v) is 18.7. The molecule has 2 heterocycles. The number of rotatable bonds is 7. The first-order chi connectivity index (χ1) is 15.6. The summed E-state index contributed by atoms with van der Waals surface area (Å²) in [7, 11) is 1.59. The average molecular weight is 432 g/mol. The van der Waals surface area contributed by atoms with E-state index in [4.69, 9.17) is 14.5 Å². The van der Waals surface area contributed by atoms with E-state index in [9.17, 15) is 4.79 Å². The predicted molar refractivity (Wildman–Crippen MR) is 123 cm³/mol. The van der Waals surface area contributed by atoms with Gasteiger partial charge in [0.15, 0.2) is 18.1 Å². The Kier molecular flexibility index (Phi) is 7.00. The average Bonchev–Trinajstić information content (AvgIpc) is 2.84. The summed E-state index contributed by atoms with van der Waals surface area (Å²) < 4.78 is 11.1. The van der Waals surface area contributed by atoms with Crippen LogP contribution in [0.4, 0.5) is 0 Å². The molecule has 6 heteroatoms. The van der Waals surface area contributed by atoms with Crippen LogP contribution in [-0.4, -0.2) is 47.6 Å². The molecule has 0 aliphatic carbocycles. The summed E-state index contributed by atoms with van der Waals surface area (Å²) in [4.78, 5) is 24.1. The van der Waals surface area contributed by atoms with Gasteiger partial charge in [-0.05, 0) is 43.0 Å². The Morgan fingerprint density at radius 3 is 2.62 bits per heavy atom. The monoisotopic (exact) mass is 431 g/mol. The van der Waals surface area contributed by atoms with Crippen molar-refractivity contribution in [2.24, 2.45) is 0 Å². The highest BCUT2D eigenvalue weighted by Crippen LogP contribution is 2.30. The number of hydrogen-bond acceptors (Lipinski definition) is 5. The van der Waals surface area contributed by atoms with Crippen molar-refractivity contribution in [3.05, 3.63) is 83.4 Å². The van der Waals surface area contributed by atoms with E-state index < -0.39 is 0 Å². The summed E-state index contributed by atoms with van der Waals surface area (Å²) >= 11 is 0. The second-order valence-corrected chi connectivity index (χ2v) is 8.11. The molecule has 1 aliphatic rings. The van der Waals surface area contributed by atoms with Crippen molar-refractivity contribution in [3.63, 3.8) is 0 Å². The second-order valence-electron chi connectivity index (χ2n) is 8.11. The number of likely N-dealkylation sites (tertiary alicyclic amines) is 1. The van der Waals surface area contributed by atoms with E-state index in [0.29, 0.717) is 18.0 Å². The molecule has 1 saturated heterocycles. The lowest BCUT2D eigenvalue weighted by Gasteiger charge is -2.33. The highest BCUT2D eigenvalue weighted by Gasteiger charge is 2.28. The third-order valence-electron chi connectivity index (χ3n) is 5.84. The summed E-state index contributed by atoms with van der Waals surface area (Å²) in [6.45, 7) is 3.30.